The smallest absolute Gasteiger partial charge is 0.141 e. The minimum atomic E-state index is -0.301. The van der Waals surface area contributed by atoms with E-state index in [9.17, 15) is 4.39 Å². The number of rotatable bonds is 4. The molecule has 0 atom stereocenters. The fourth-order valence-electron chi connectivity index (χ4n) is 1.72. The molecular weight excluding hydrogens is 205 g/mol. The quantitative estimate of drug-likeness (QED) is 0.848. The molecule has 2 heterocycles. The maximum absolute atomic E-state index is 13.0. The number of nitrogens with two attached hydrogens (primary N) is 1. The third-order valence-corrected chi connectivity index (χ3v) is 2.44. The molecule has 0 aliphatic rings. The third kappa shape index (κ3) is 2.46. The van der Waals surface area contributed by atoms with E-state index >= 15 is 0 Å². The van der Waals surface area contributed by atoms with Crippen molar-refractivity contribution in [1.29, 1.82) is 0 Å². The van der Waals surface area contributed by atoms with Crippen LogP contribution in [0.3, 0.4) is 0 Å². The van der Waals surface area contributed by atoms with Crippen LogP contribution in [-0.4, -0.2) is 16.1 Å². The lowest BCUT2D eigenvalue weighted by atomic mass is 10.2. The summed E-state index contributed by atoms with van der Waals surface area (Å²) >= 11 is 0. The van der Waals surface area contributed by atoms with Crippen molar-refractivity contribution in [3.05, 3.63) is 53.9 Å². The highest BCUT2D eigenvalue weighted by molar-refractivity contribution is 5.15. The monoisotopic (exact) mass is 219 g/mol. The van der Waals surface area contributed by atoms with Crippen LogP contribution in [0, 0.1) is 5.82 Å². The van der Waals surface area contributed by atoms with Crippen molar-refractivity contribution >= 4 is 0 Å². The molecule has 0 aromatic carbocycles. The Labute approximate surface area is 93.7 Å². The van der Waals surface area contributed by atoms with Crippen LogP contribution in [-0.2, 0) is 13.0 Å². The van der Waals surface area contributed by atoms with Crippen LogP contribution in [0.25, 0.3) is 0 Å². The Morgan fingerprint density at radius 2 is 2.25 bits per heavy atom. The van der Waals surface area contributed by atoms with E-state index in [1.165, 1.54) is 12.3 Å². The van der Waals surface area contributed by atoms with Gasteiger partial charge in [-0.3, -0.25) is 4.98 Å². The van der Waals surface area contributed by atoms with Gasteiger partial charge in [0, 0.05) is 24.6 Å². The molecule has 0 aliphatic heterocycles. The van der Waals surface area contributed by atoms with Crippen LogP contribution >= 0.6 is 0 Å². The summed E-state index contributed by atoms with van der Waals surface area (Å²) in [4.78, 5) is 3.83. The topological polar surface area (TPSA) is 43.8 Å². The molecule has 0 bridgehead atoms. The van der Waals surface area contributed by atoms with Gasteiger partial charge in [0.05, 0.1) is 6.20 Å². The fourth-order valence-corrected chi connectivity index (χ4v) is 1.72. The summed E-state index contributed by atoms with van der Waals surface area (Å²) in [5, 5.41) is 0. The first kappa shape index (κ1) is 10.8. The van der Waals surface area contributed by atoms with Crippen molar-refractivity contribution in [2.75, 3.05) is 6.54 Å². The Balaban J connectivity index is 2.17. The highest BCUT2D eigenvalue weighted by Crippen LogP contribution is 2.08. The second-order valence-corrected chi connectivity index (χ2v) is 3.68. The van der Waals surface area contributed by atoms with E-state index in [4.69, 9.17) is 5.73 Å². The molecule has 2 rings (SSSR count). The van der Waals surface area contributed by atoms with Gasteiger partial charge in [0.2, 0.25) is 0 Å². The summed E-state index contributed by atoms with van der Waals surface area (Å²) in [6, 6.07) is 5.50. The molecule has 3 nitrogen and oxygen atoms in total. The number of pyridine rings is 1. The minimum absolute atomic E-state index is 0.301. The zero-order valence-electron chi connectivity index (χ0n) is 8.94. The van der Waals surface area contributed by atoms with Gasteiger partial charge in [0.15, 0.2) is 0 Å². The maximum Gasteiger partial charge on any atom is 0.141 e. The van der Waals surface area contributed by atoms with Gasteiger partial charge in [-0.15, -0.1) is 0 Å². The Morgan fingerprint density at radius 1 is 1.38 bits per heavy atom. The molecule has 16 heavy (non-hydrogen) atoms. The standard InChI is InChI=1S/C12H14FN3/c13-11-6-10(7-15-8-11)9-16-5-1-2-12(16)3-4-14/h1-2,5-8H,3-4,9,14H2. The molecule has 2 aromatic heterocycles. The summed E-state index contributed by atoms with van der Waals surface area (Å²) in [5.41, 5.74) is 7.54. The Kier molecular flexibility index (Phi) is 3.31. The molecule has 84 valence electrons. The zero-order chi connectivity index (χ0) is 11.4. The third-order valence-electron chi connectivity index (χ3n) is 2.44. The summed E-state index contributed by atoms with van der Waals surface area (Å²) in [6.07, 6.45) is 5.68. The summed E-state index contributed by atoms with van der Waals surface area (Å²) in [7, 11) is 0. The molecule has 0 saturated heterocycles. The fraction of sp³-hybridized carbons (Fsp3) is 0.250. The number of hydrogen-bond acceptors (Lipinski definition) is 2. The Bertz CT molecular complexity index is 465. The molecule has 2 N–H and O–H groups in total. The SMILES string of the molecule is NCCc1cccn1Cc1cncc(F)c1. The van der Waals surface area contributed by atoms with Crippen LogP contribution < -0.4 is 5.73 Å². The van der Waals surface area contributed by atoms with Gasteiger partial charge >= 0.3 is 0 Å². The summed E-state index contributed by atoms with van der Waals surface area (Å²) < 4.78 is 15.0. The van der Waals surface area contributed by atoms with Crippen molar-refractivity contribution in [2.45, 2.75) is 13.0 Å². The highest BCUT2D eigenvalue weighted by atomic mass is 19.1. The lowest BCUT2D eigenvalue weighted by molar-refractivity contribution is 0.615. The Hall–Kier alpha value is -1.68. The van der Waals surface area contributed by atoms with Gasteiger partial charge in [0.1, 0.15) is 5.82 Å². The molecule has 0 spiro atoms. The second kappa shape index (κ2) is 4.90. The molecule has 0 fully saturated rings. The van der Waals surface area contributed by atoms with E-state index in [1.54, 1.807) is 6.20 Å². The average molecular weight is 219 g/mol. The highest BCUT2D eigenvalue weighted by Gasteiger charge is 2.02. The predicted octanol–water partition coefficient (Wildman–Crippen LogP) is 1.57. The van der Waals surface area contributed by atoms with Gasteiger partial charge < -0.3 is 10.3 Å². The van der Waals surface area contributed by atoms with Gasteiger partial charge in [-0.05, 0) is 36.7 Å². The van der Waals surface area contributed by atoms with Crippen LogP contribution in [0.1, 0.15) is 11.3 Å². The van der Waals surface area contributed by atoms with Crippen LogP contribution in [0.5, 0.6) is 0 Å². The molecule has 0 aliphatic carbocycles. The normalized spacial score (nSPS) is 10.6. The van der Waals surface area contributed by atoms with E-state index in [1.807, 2.05) is 18.3 Å². The number of nitrogens with zero attached hydrogens (tertiary/aromatic N) is 2. The maximum atomic E-state index is 13.0. The van der Waals surface area contributed by atoms with Crippen molar-refractivity contribution < 1.29 is 4.39 Å². The molecule has 0 amide bonds. The van der Waals surface area contributed by atoms with Crippen LogP contribution in [0.4, 0.5) is 4.39 Å². The first-order valence-corrected chi connectivity index (χ1v) is 5.23. The van der Waals surface area contributed by atoms with Crippen LogP contribution in [0.15, 0.2) is 36.8 Å². The van der Waals surface area contributed by atoms with Crippen LogP contribution in [0.2, 0.25) is 0 Å². The lowest BCUT2D eigenvalue weighted by Gasteiger charge is -2.08. The predicted molar refractivity (Wildman–Crippen MR) is 60.5 cm³/mol. The summed E-state index contributed by atoms with van der Waals surface area (Å²) in [6.45, 7) is 1.25. The number of hydrogen-bond donors (Lipinski definition) is 1. The average Bonchev–Trinajstić information content (AvgIpc) is 2.66. The van der Waals surface area contributed by atoms with Gasteiger partial charge in [-0.25, -0.2) is 4.39 Å². The van der Waals surface area contributed by atoms with Crippen molar-refractivity contribution in [1.82, 2.24) is 9.55 Å². The van der Waals surface area contributed by atoms with E-state index in [-0.39, 0.29) is 5.82 Å². The van der Waals surface area contributed by atoms with Crippen molar-refractivity contribution in [3.8, 4) is 0 Å². The molecule has 4 heteroatoms. The molecule has 0 radical (unpaired) electrons. The first-order valence-electron chi connectivity index (χ1n) is 5.23. The van der Waals surface area contributed by atoms with Gasteiger partial charge in [-0.1, -0.05) is 0 Å². The van der Waals surface area contributed by atoms with Crippen molar-refractivity contribution in [3.63, 3.8) is 0 Å². The van der Waals surface area contributed by atoms with E-state index in [0.717, 1.165) is 17.7 Å². The molecule has 0 unspecified atom stereocenters. The largest absolute Gasteiger partial charge is 0.347 e. The van der Waals surface area contributed by atoms with E-state index in [2.05, 4.69) is 9.55 Å². The summed E-state index contributed by atoms with van der Waals surface area (Å²) in [5.74, 6) is -0.301. The van der Waals surface area contributed by atoms with Gasteiger partial charge in [-0.2, -0.15) is 0 Å². The molecule has 0 saturated carbocycles. The molecular formula is C12H14FN3. The number of halogens is 1. The minimum Gasteiger partial charge on any atom is -0.347 e. The van der Waals surface area contributed by atoms with E-state index in [0.29, 0.717) is 13.1 Å². The molecule has 2 aromatic rings. The first-order chi connectivity index (χ1) is 7.79. The van der Waals surface area contributed by atoms with E-state index < -0.39 is 0 Å². The lowest BCUT2D eigenvalue weighted by Crippen LogP contribution is -2.09. The Morgan fingerprint density at radius 3 is 3.00 bits per heavy atom. The van der Waals surface area contributed by atoms with Gasteiger partial charge in [0.25, 0.3) is 0 Å². The number of aromatic nitrogens is 2. The van der Waals surface area contributed by atoms with Crippen molar-refractivity contribution in [2.24, 2.45) is 5.73 Å². The second-order valence-electron chi connectivity index (χ2n) is 3.68. The zero-order valence-corrected chi connectivity index (χ0v) is 8.94.